The van der Waals surface area contributed by atoms with Crippen molar-refractivity contribution < 1.29 is 13.2 Å². The smallest absolute Gasteiger partial charge is 0.151 e. The van der Waals surface area contributed by atoms with E-state index in [1.807, 2.05) is 13.8 Å². The van der Waals surface area contributed by atoms with E-state index in [4.69, 9.17) is 10.5 Å². The molecule has 0 spiro atoms. The molecule has 0 saturated carbocycles. The second-order valence-corrected chi connectivity index (χ2v) is 7.31. The number of hydrogen-bond acceptors (Lipinski definition) is 4. The van der Waals surface area contributed by atoms with Crippen molar-refractivity contribution in [3.05, 3.63) is 0 Å². The van der Waals surface area contributed by atoms with Gasteiger partial charge in [-0.15, -0.1) is 0 Å². The summed E-state index contributed by atoms with van der Waals surface area (Å²) in [6.45, 7) is 5.38. The molecule has 0 bridgehead atoms. The fourth-order valence-corrected chi connectivity index (χ4v) is 3.67. The molecule has 0 aliphatic carbocycles. The van der Waals surface area contributed by atoms with Gasteiger partial charge >= 0.3 is 0 Å². The maximum absolute atomic E-state index is 11.8. The van der Waals surface area contributed by atoms with E-state index in [2.05, 4.69) is 0 Å². The molecule has 2 unspecified atom stereocenters. The van der Waals surface area contributed by atoms with Crippen molar-refractivity contribution in [1.82, 2.24) is 0 Å². The average molecular weight is 249 g/mol. The molecular formula is C11H23NO3S. The Morgan fingerprint density at radius 2 is 2.12 bits per heavy atom. The van der Waals surface area contributed by atoms with Gasteiger partial charge in [-0.3, -0.25) is 0 Å². The summed E-state index contributed by atoms with van der Waals surface area (Å²) in [4.78, 5) is 0. The van der Waals surface area contributed by atoms with Crippen molar-refractivity contribution in [3.8, 4) is 0 Å². The minimum atomic E-state index is -2.99. The van der Waals surface area contributed by atoms with Gasteiger partial charge in [-0.05, 0) is 18.8 Å². The number of rotatable bonds is 6. The first-order valence-electron chi connectivity index (χ1n) is 5.94. The van der Waals surface area contributed by atoms with Crippen molar-refractivity contribution in [3.63, 3.8) is 0 Å². The average Bonchev–Trinajstić information content (AvgIpc) is 2.67. The van der Waals surface area contributed by atoms with Crippen LogP contribution in [-0.2, 0) is 14.6 Å². The van der Waals surface area contributed by atoms with Gasteiger partial charge in [0.2, 0.25) is 0 Å². The molecule has 0 aromatic rings. The first-order valence-corrected chi connectivity index (χ1v) is 7.76. The number of nitrogens with two attached hydrogens (primary N) is 1. The van der Waals surface area contributed by atoms with Gasteiger partial charge in [0.15, 0.2) is 9.84 Å². The van der Waals surface area contributed by atoms with Crippen LogP contribution in [0.5, 0.6) is 0 Å². The Kier molecular flexibility index (Phi) is 5.21. The Balaban J connectivity index is 2.38. The highest BCUT2D eigenvalue weighted by molar-refractivity contribution is 7.91. The molecule has 5 heteroatoms. The van der Waals surface area contributed by atoms with Crippen molar-refractivity contribution in [1.29, 1.82) is 0 Å². The SMILES string of the molecule is CC(C)CCS(=O)(=O)CC(N)C1CCOC1. The Morgan fingerprint density at radius 1 is 1.44 bits per heavy atom. The summed E-state index contributed by atoms with van der Waals surface area (Å²) in [7, 11) is -2.99. The zero-order chi connectivity index (χ0) is 12.2. The highest BCUT2D eigenvalue weighted by atomic mass is 32.2. The maximum atomic E-state index is 11.8. The third kappa shape index (κ3) is 4.80. The number of hydrogen-bond donors (Lipinski definition) is 1. The summed E-state index contributed by atoms with van der Waals surface area (Å²) >= 11 is 0. The van der Waals surface area contributed by atoms with Crippen LogP contribution >= 0.6 is 0 Å². The summed E-state index contributed by atoms with van der Waals surface area (Å²) in [5, 5.41) is 0. The topological polar surface area (TPSA) is 69.4 Å². The van der Waals surface area contributed by atoms with Crippen LogP contribution in [0.15, 0.2) is 0 Å². The molecular weight excluding hydrogens is 226 g/mol. The molecule has 2 N–H and O–H groups in total. The molecule has 0 amide bonds. The predicted molar refractivity (Wildman–Crippen MR) is 65.0 cm³/mol. The van der Waals surface area contributed by atoms with Crippen LogP contribution in [0, 0.1) is 11.8 Å². The lowest BCUT2D eigenvalue weighted by Gasteiger charge is -2.17. The first kappa shape index (κ1) is 13.9. The highest BCUT2D eigenvalue weighted by Crippen LogP contribution is 2.17. The van der Waals surface area contributed by atoms with Crippen LogP contribution in [-0.4, -0.2) is 39.2 Å². The van der Waals surface area contributed by atoms with E-state index in [1.54, 1.807) is 0 Å². The van der Waals surface area contributed by atoms with E-state index in [9.17, 15) is 8.42 Å². The standard InChI is InChI=1S/C11H23NO3S/c1-9(2)4-6-16(13,14)8-11(12)10-3-5-15-7-10/h9-11H,3-8,12H2,1-2H3. The molecule has 0 radical (unpaired) electrons. The van der Waals surface area contributed by atoms with Crippen molar-refractivity contribution in [2.24, 2.45) is 17.6 Å². The minimum absolute atomic E-state index is 0.105. The van der Waals surface area contributed by atoms with E-state index in [0.717, 1.165) is 12.8 Å². The van der Waals surface area contributed by atoms with Gasteiger partial charge in [0.1, 0.15) is 0 Å². The quantitative estimate of drug-likeness (QED) is 0.756. The predicted octanol–water partition coefficient (Wildman–Crippen LogP) is 0.811. The number of sulfone groups is 1. The molecule has 1 fully saturated rings. The van der Waals surface area contributed by atoms with Crippen LogP contribution in [0.1, 0.15) is 26.7 Å². The van der Waals surface area contributed by atoms with Crippen molar-refractivity contribution >= 4 is 9.84 Å². The van der Waals surface area contributed by atoms with Gasteiger partial charge in [-0.25, -0.2) is 8.42 Å². The molecule has 1 heterocycles. The Morgan fingerprint density at radius 3 is 2.62 bits per heavy atom. The molecule has 1 aliphatic rings. The van der Waals surface area contributed by atoms with Crippen molar-refractivity contribution in [2.75, 3.05) is 24.7 Å². The minimum Gasteiger partial charge on any atom is -0.381 e. The fourth-order valence-electron chi connectivity index (χ4n) is 1.82. The lowest BCUT2D eigenvalue weighted by Crippen LogP contribution is -2.38. The van der Waals surface area contributed by atoms with Crippen molar-refractivity contribution in [2.45, 2.75) is 32.7 Å². The van der Waals surface area contributed by atoms with Gasteiger partial charge in [0.25, 0.3) is 0 Å². The molecule has 4 nitrogen and oxygen atoms in total. The molecule has 0 aromatic heterocycles. The molecule has 1 aliphatic heterocycles. The fraction of sp³-hybridized carbons (Fsp3) is 1.00. The highest BCUT2D eigenvalue weighted by Gasteiger charge is 2.27. The third-order valence-electron chi connectivity index (χ3n) is 3.02. The Hall–Kier alpha value is -0.130. The van der Waals surface area contributed by atoms with E-state index in [1.165, 1.54) is 0 Å². The van der Waals surface area contributed by atoms with Crippen LogP contribution in [0.25, 0.3) is 0 Å². The molecule has 0 aromatic carbocycles. The summed E-state index contributed by atoms with van der Waals surface area (Å²) in [6, 6.07) is -0.264. The molecule has 1 rings (SSSR count). The number of ether oxygens (including phenoxy) is 1. The molecule has 1 saturated heterocycles. The maximum Gasteiger partial charge on any atom is 0.151 e. The normalized spacial score (nSPS) is 23.9. The van der Waals surface area contributed by atoms with E-state index in [-0.39, 0.29) is 23.5 Å². The van der Waals surface area contributed by atoms with E-state index in [0.29, 0.717) is 19.1 Å². The summed E-state index contributed by atoms with van der Waals surface area (Å²) in [5.74, 6) is 0.995. The van der Waals surface area contributed by atoms with Gasteiger partial charge < -0.3 is 10.5 Å². The summed E-state index contributed by atoms with van der Waals surface area (Å²) in [6.07, 6.45) is 1.61. The molecule has 96 valence electrons. The third-order valence-corrected chi connectivity index (χ3v) is 4.77. The summed E-state index contributed by atoms with van der Waals surface area (Å²) < 4.78 is 28.8. The zero-order valence-corrected chi connectivity index (χ0v) is 11.0. The van der Waals surface area contributed by atoms with Crippen LogP contribution in [0.3, 0.4) is 0 Å². The van der Waals surface area contributed by atoms with Crippen LogP contribution in [0.4, 0.5) is 0 Å². The first-order chi connectivity index (χ1) is 7.41. The van der Waals surface area contributed by atoms with Crippen LogP contribution < -0.4 is 5.73 Å². The van der Waals surface area contributed by atoms with Gasteiger partial charge in [-0.1, -0.05) is 13.8 Å². The molecule has 2 atom stereocenters. The van der Waals surface area contributed by atoms with E-state index >= 15 is 0 Å². The largest absolute Gasteiger partial charge is 0.381 e. The van der Waals surface area contributed by atoms with Crippen LogP contribution in [0.2, 0.25) is 0 Å². The lowest BCUT2D eigenvalue weighted by atomic mass is 10.0. The monoisotopic (exact) mass is 249 g/mol. The zero-order valence-electron chi connectivity index (χ0n) is 10.2. The lowest BCUT2D eigenvalue weighted by molar-refractivity contribution is 0.182. The van der Waals surface area contributed by atoms with Gasteiger partial charge in [-0.2, -0.15) is 0 Å². The second kappa shape index (κ2) is 5.98. The van der Waals surface area contributed by atoms with E-state index < -0.39 is 9.84 Å². The Bertz CT molecular complexity index is 294. The van der Waals surface area contributed by atoms with Gasteiger partial charge in [0, 0.05) is 18.6 Å². The Labute approximate surface area is 98.5 Å². The van der Waals surface area contributed by atoms with Gasteiger partial charge in [0.05, 0.1) is 18.1 Å². The summed E-state index contributed by atoms with van der Waals surface area (Å²) in [5.41, 5.74) is 5.91. The second-order valence-electron chi connectivity index (χ2n) is 5.08. The molecule has 16 heavy (non-hydrogen) atoms.